The molecule has 1 fully saturated rings. The largest absolute Gasteiger partial charge is 0.799 e. The number of hydrogen-bond donors (Lipinski definition) is 1. The first-order chi connectivity index (χ1) is 8.99. The van der Waals surface area contributed by atoms with Gasteiger partial charge in [-0.3, -0.25) is 0 Å². The lowest BCUT2D eigenvalue weighted by molar-refractivity contribution is -0.177. The van der Waals surface area contributed by atoms with Crippen molar-refractivity contribution in [1.82, 2.24) is 5.32 Å². The van der Waals surface area contributed by atoms with Crippen LogP contribution in [0, 0.1) is 0 Å². The molecular weight excluding hydrogens is 265 g/mol. The maximum absolute atomic E-state index is 12.0. The molecule has 0 aromatic heterocycles. The first-order valence-electron chi connectivity index (χ1n) is 7.22. The highest BCUT2D eigenvalue weighted by molar-refractivity contribution is 7.57. The van der Waals surface area contributed by atoms with Crippen LogP contribution in [0.15, 0.2) is 0 Å². The first-order valence-corrected chi connectivity index (χ1v) is 9.10. The zero-order chi connectivity index (χ0) is 14.3. The molecule has 0 aliphatic heterocycles. The smallest absolute Gasteiger partial charge is 0.407 e. The van der Waals surface area contributed by atoms with E-state index in [1.54, 1.807) is 0 Å². The van der Waals surface area contributed by atoms with Crippen LogP contribution in [-0.2, 0) is 9.30 Å². The quantitative estimate of drug-likeness (QED) is 0.577. The predicted molar refractivity (Wildman–Crippen MR) is 73.6 cm³/mol. The molecule has 3 unspecified atom stereocenters. The van der Waals surface area contributed by atoms with E-state index in [-0.39, 0.29) is 17.9 Å². The lowest BCUT2D eigenvalue weighted by Crippen LogP contribution is -2.34. The van der Waals surface area contributed by atoms with Crippen molar-refractivity contribution in [3.8, 4) is 0 Å². The molecule has 0 radical (unpaired) electrons. The number of amides is 1. The monoisotopic (exact) mass is 290 g/mol. The Bertz CT molecular complexity index is 335. The number of nitrogens with one attached hydrogen (secondary N) is 1. The highest BCUT2D eigenvalue weighted by Gasteiger charge is 2.32. The Kier molecular flexibility index (Phi) is 6.87. The molecule has 0 aromatic rings. The topological polar surface area (TPSA) is 78.5 Å². The van der Waals surface area contributed by atoms with Crippen LogP contribution in [0.4, 0.5) is 4.79 Å². The number of unbranched alkanes of at least 4 members (excludes halogenated alkanes) is 1. The van der Waals surface area contributed by atoms with Crippen molar-refractivity contribution in [1.29, 1.82) is 0 Å². The van der Waals surface area contributed by atoms with Gasteiger partial charge in [0.2, 0.25) is 0 Å². The Balaban J connectivity index is 2.32. The van der Waals surface area contributed by atoms with E-state index in [0.29, 0.717) is 25.9 Å². The first kappa shape index (κ1) is 16.5. The second-order valence-corrected chi connectivity index (χ2v) is 7.88. The van der Waals surface area contributed by atoms with Crippen molar-refractivity contribution in [2.45, 2.75) is 64.1 Å². The number of carbonyl (C=O) groups excluding carboxylic acids is 1. The summed E-state index contributed by atoms with van der Waals surface area (Å²) >= 11 is 0. The standard InChI is InChI=1S/C13H26NO4P/c1-3-5-8-18-13(15)14-11-6-7-12(10-11)19(16,17)9-4-2/h11-12H,3-10H2,1-2H3,(H,14,15)(H,16,17)/p-1. The second-order valence-electron chi connectivity index (χ2n) is 5.25. The lowest BCUT2D eigenvalue weighted by atomic mass is 10.3. The summed E-state index contributed by atoms with van der Waals surface area (Å²) in [6, 6.07) is -0.0572. The molecule has 19 heavy (non-hydrogen) atoms. The summed E-state index contributed by atoms with van der Waals surface area (Å²) in [5.41, 5.74) is -0.270. The molecule has 112 valence electrons. The number of rotatable bonds is 7. The average molecular weight is 290 g/mol. The zero-order valence-electron chi connectivity index (χ0n) is 11.9. The Hall–Kier alpha value is -0.540. The Morgan fingerprint density at radius 2 is 2.11 bits per heavy atom. The minimum Gasteiger partial charge on any atom is -0.799 e. The molecule has 1 rings (SSSR count). The number of carbonyl (C=O) groups is 1. The van der Waals surface area contributed by atoms with E-state index in [1.807, 2.05) is 13.8 Å². The third-order valence-electron chi connectivity index (χ3n) is 3.55. The summed E-state index contributed by atoms with van der Waals surface area (Å²) in [4.78, 5) is 23.4. The summed E-state index contributed by atoms with van der Waals surface area (Å²) in [7, 11) is -3.29. The van der Waals surface area contributed by atoms with E-state index in [9.17, 15) is 14.3 Å². The van der Waals surface area contributed by atoms with Gasteiger partial charge in [-0.1, -0.05) is 26.7 Å². The number of hydrogen-bond acceptors (Lipinski definition) is 4. The second kappa shape index (κ2) is 7.91. The summed E-state index contributed by atoms with van der Waals surface area (Å²) in [5, 5.41) is 2.76. The molecule has 0 aromatic carbocycles. The summed E-state index contributed by atoms with van der Waals surface area (Å²) in [6.45, 7) is 4.33. The SMILES string of the molecule is CCCCOC(=O)NC1CCC(P(=O)([O-])CCC)C1. The molecule has 1 amide bonds. The fourth-order valence-electron chi connectivity index (χ4n) is 2.46. The lowest BCUT2D eigenvalue weighted by Gasteiger charge is -2.29. The van der Waals surface area contributed by atoms with E-state index < -0.39 is 13.5 Å². The van der Waals surface area contributed by atoms with Crippen LogP contribution < -0.4 is 10.2 Å². The van der Waals surface area contributed by atoms with Crippen LogP contribution in [0.25, 0.3) is 0 Å². The van der Waals surface area contributed by atoms with Gasteiger partial charge < -0.3 is 19.5 Å². The van der Waals surface area contributed by atoms with Crippen LogP contribution in [-0.4, -0.2) is 30.6 Å². The van der Waals surface area contributed by atoms with Gasteiger partial charge in [0.15, 0.2) is 0 Å². The maximum Gasteiger partial charge on any atom is 0.407 e. The molecule has 1 N–H and O–H groups in total. The number of ether oxygens (including phenoxy) is 1. The zero-order valence-corrected chi connectivity index (χ0v) is 12.8. The van der Waals surface area contributed by atoms with Gasteiger partial charge in [-0.05, 0) is 31.8 Å². The van der Waals surface area contributed by atoms with Crippen LogP contribution in [0.1, 0.15) is 52.4 Å². The molecule has 3 atom stereocenters. The van der Waals surface area contributed by atoms with Gasteiger partial charge in [-0.25, -0.2) is 4.79 Å². The van der Waals surface area contributed by atoms with Crippen LogP contribution in [0.5, 0.6) is 0 Å². The summed E-state index contributed by atoms with van der Waals surface area (Å²) in [5.74, 6) is 0. The van der Waals surface area contributed by atoms with Crippen LogP contribution >= 0.6 is 7.37 Å². The van der Waals surface area contributed by atoms with Gasteiger partial charge in [0.05, 0.1) is 6.61 Å². The van der Waals surface area contributed by atoms with Gasteiger partial charge in [-0.2, -0.15) is 0 Å². The van der Waals surface area contributed by atoms with Crippen LogP contribution in [0.3, 0.4) is 0 Å². The average Bonchev–Trinajstić information content (AvgIpc) is 2.78. The molecule has 1 saturated carbocycles. The van der Waals surface area contributed by atoms with Crippen molar-refractivity contribution in [3.63, 3.8) is 0 Å². The van der Waals surface area contributed by atoms with E-state index in [2.05, 4.69) is 5.32 Å². The van der Waals surface area contributed by atoms with Gasteiger partial charge in [0.1, 0.15) is 0 Å². The van der Waals surface area contributed by atoms with Crippen molar-refractivity contribution < 1.29 is 19.0 Å². The van der Waals surface area contributed by atoms with Gasteiger partial charge in [0, 0.05) is 19.1 Å². The minimum atomic E-state index is -3.29. The fraction of sp³-hybridized carbons (Fsp3) is 0.923. The molecule has 0 heterocycles. The van der Waals surface area contributed by atoms with E-state index in [0.717, 1.165) is 19.3 Å². The molecular formula is C13H25NO4P-. The predicted octanol–water partition coefficient (Wildman–Crippen LogP) is 2.48. The number of alkyl carbamates (subject to hydrolysis) is 1. The fourth-order valence-corrected chi connectivity index (χ4v) is 4.56. The van der Waals surface area contributed by atoms with Crippen molar-refractivity contribution in [2.75, 3.05) is 12.8 Å². The van der Waals surface area contributed by atoms with E-state index in [4.69, 9.17) is 4.74 Å². The maximum atomic E-state index is 12.0. The van der Waals surface area contributed by atoms with Crippen molar-refractivity contribution in [2.24, 2.45) is 0 Å². The highest BCUT2D eigenvalue weighted by atomic mass is 31.2. The molecule has 0 saturated heterocycles. The van der Waals surface area contributed by atoms with Gasteiger partial charge in [0.25, 0.3) is 0 Å². The summed E-state index contributed by atoms with van der Waals surface area (Å²) in [6.07, 6.45) is 4.26. The van der Waals surface area contributed by atoms with Crippen molar-refractivity contribution in [3.05, 3.63) is 0 Å². The van der Waals surface area contributed by atoms with E-state index >= 15 is 0 Å². The minimum absolute atomic E-state index is 0.0572. The molecule has 0 spiro atoms. The molecule has 1 aliphatic rings. The van der Waals surface area contributed by atoms with Crippen molar-refractivity contribution >= 4 is 13.5 Å². The normalized spacial score (nSPS) is 25.8. The third kappa shape index (κ3) is 5.53. The van der Waals surface area contributed by atoms with Gasteiger partial charge >= 0.3 is 6.09 Å². The van der Waals surface area contributed by atoms with Gasteiger partial charge in [-0.15, -0.1) is 0 Å². The molecule has 5 nitrogen and oxygen atoms in total. The Morgan fingerprint density at radius 3 is 2.74 bits per heavy atom. The molecule has 1 aliphatic carbocycles. The Labute approximate surface area is 115 Å². The highest BCUT2D eigenvalue weighted by Crippen LogP contribution is 2.49. The van der Waals surface area contributed by atoms with E-state index in [1.165, 1.54) is 0 Å². The molecule has 0 bridgehead atoms. The van der Waals surface area contributed by atoms with Crippen LogP contribution in [0.2, 0.25) is 0 Å². The molecule has 6 heteroatoms. The Morgan fingerprint density at radius 1 is 1.37 bits per heavy atom. The summed E-state index contributed by atoms with van der Waals surface area (Å²) < 4.78 is 17.0. The third-order valence-corrected chi connectivity index (χ3v) is 6.20.